The largest absolute Gasteiger partial charge is 0.491 e. The van der Waals surface area contributed by atoms with Crippen molar-refractivity contribution in [3.8, 4) is 5.75 Å². The summed E-state index contributed by atoms with van der Waals surface area (Å²) < 4.78 is 38.5. The van der Waals surface area contributed by atoms with Gasteiger partial charge in [-0.05, 0) is 96.1 Å². The predicted octanol–water partition coefficient (Wildman–Crippen LogP) is 5.76. The molecular formula is C31H44ClN7O5S. The summed E-state index contributed by atoms with van der Waals surface area (Å²) in [6, 6.07) is 4.12. The summed E-state index contributed by atoms with van der Waals surface area (Å²) in [4.78, 5) is 23.5. The lowest BCUT2D eigenvalue weighted by Gasteiger charge is -2.41. The molecular weight excluding hydrogens is 618 g/mol. The summed E-state index contributed by atoms with van der Waals surface area (Å²) >= 11 is 6.44. The number of anilines is 4. The molecule has 1 aliphatic heterocycles. The topological polar surface area (TPSA) is 141 Å². The highest BCUT2D eigenvalue weighted by atomic mass is 35.5. The van der Waals surface area contributed by atoms with E-state index in [1.165, 1.54) is 23.6 Å². The van der Waals surface area contributed by atoms with Crippen LogP contribution in [0.25, 0.3) is 0 Å². The molecule has 0 unspecified atom stereocenters. The van der Waals surface area contributed by atoms with Gasteiger partial charge in [-0.15, -0.1) is 0 Å². The number of hydrogen-bond acceptors (Lipinski definition) is 11. The molecule has 0 atom stereocenters. The number of ether oxygens (including phenoxy) is 2. The fourth-order valence-corrected chi connectivity index (χ4v) is 6.69. The maximum Gasteiger partial charge on any atom is 0.325 e. The first-order valence-corrected chi connectivity index (χ1v) is 17.1. The van der Waals surface area contributed by atoms with Gasteiger partial charge in [0.25, 0.3) is 0 Å². The number of nitrogens with zero attached hydrogens (tertiary/aromatic N) is 5. The summed E-state index contributed by atoms with van der Waals surface area (Å²) in [5.74, 6) is 1.25. The fourth-order valence-electron chi connectivity index (χ4n) is 5.45. The van der Waals surface area contributed by atoms with Gasteiger partial charge in [-0.1, -0.05) is 18.5 Å². The lowest BCUT2D eigenvalue weighted by atomic mass is 9.84. The summed E-state index contributed by atoms with van der Waals surface area (Å²) in [6.07, 6.45) is 5.66. The third-order valence-electron chi connectivity index (χ3n) is 8.17. The molecule has 1 saturated heterocycles. The number of likely N-dealkylation sites (tertiary alicyclic amines) is 1. The molecule has 0 amide bonds. The van der Waals surface area contributed by atoms with Gasteiger partial charge in [0.05, 0.1) is 36.5 Å². The molecule has 12 nitrogen and oxygen atoms in total. The number of nitrogens with one attached hydrogen (secondary N) is 2. The Labute approximate surface area is 270 Å². The highest BCUT2D eigenvalue weighted by Crippen LogP contribution is 2.39. The minimum Gasteiger partial charge on any atom is -0.491 e. The van der Waals surface area contributed by atoms with Gasteiger partial charge in [0.2, 0.25) is 20.8 Å². The molecule has 1 fully saturated rings. The number of carbonyl (C=O) groups is 1. The maximum atomic E-state index is 12.9. The highest BCUT2D eigenvalue weighted by Gasteiger charge is 2.38. The Morgan fingerprint density at radius 2 is 1.87 bits per heavy atom. The third kappa shape index (κ3) is 7.53. The zero-order valence-electron chi connectivity index (χ0n) is 27.3. The minimum absolute atomic E-state index is 0.0784. The average molecular weight is 662 g/mol. The molecule has 0 aliphatic carbocycles. The van der Waals surface area contributed by atoms with E-state index in [-0.39, 0.29) is 33.5 Å². The first kappa shape index (κ1) is 34.5. The summed E-state index contributed by atoms with van der Waals surface area (Å²) in [7, 11) is -0.587. The molecule has 2 N–H and O–H groups in total. The smallest absolute Gasteiger partial charge is 0.325 e. The van der Waals surface area contributed by atoms with Gasteiger partial charge in [-0.2, -0.15) is 10.1 Å². The Morgan fingerprint density at radius 3 is 2.49 bits per heavy atom. The molecule has 4 rings (SSSR count). The minimum atomic E-state index is -3.66. The third-order valence-corrected chi connectivity index (χ3v) is 10.5. The van der Waals surface area contributed by atoms with Crippen LogP contribution in [0.1, 0.15) is 70.9 Å². The number of sulfone groups is 1. The Bertz CT molecular complexity index is 1630. The van der Waals surface area contributed by atoms with Gasteiger partial charge in [-0.3, -0.25) is 14.4 Å². The molecule has 1 aliphatic rings. The van der Waals surface area contributed by atoms with Crippen molar-refractivity contribution in [1.82, 2.24) is 24.6 Å². The zero-order chi connectivity index (χ0) is 33.1. The van der Waals surface area contributed by atoms with E-state index in [0.29, 0.717) is 24.0 Å². The Balaban J connectivity index is 1.59. The molecule has 3 heterocycles. The number of rotatable bonds is 12. The van der Waals surface area contributed by atoms with Crippen LogP contribution < -0.4 is 15.4 Å². The zero-order valence-corrected chi connectivity index (χ0v) is 28.8. The summed E-state index contributed by atoms with van der Waals surface area (Å²) in [5, 5.41) is 9.96. The van der Waals surface area contributed by atoms with Crippen LogP contribution in [0.3, 0.4) is 0 Å². The van der Waals surface area contributed by atoms with Crippen LogP contribution in [0.2, 0.25) is 5.02 Å². The van der Waals surface area contributed by atoms with Crippen LogP contribution >= 0.6 is 11.6 Å². The summed E-state index contributed by atoms with van der Waals surface area (Å²) in [5.41, 5.74) is 2.60. The molecule has 0 spiro atoms. The van der Waals surface area contributed by atoms with E-state index in [9.17, 15) is 13.2 Å². The maximum absolute atomic E-state index is 12.9. The number of aromatic nitrogens is 4. The van der Waals surface area contributed by atoms with E-state index < -0.39 is 20.6 Å². The fraction of sp³-hybridized carbons (Fsp3) is 0.548. The number of esters is 1. The van der Waals surface area contributed by atoms with Crippen molar-refractivity contribution < 1.29 is 22.7 Å². The van der Waals surface area contributed by atoms with Crippen molar-refractivity contribution in [2.45, 2.75) is 82.5 Å². The molecule has 14 heteroatoms. The lowest BCUT2D eigenvalue weighted by molar-refractivity contribution is -0.153. The second kappa shape index (κ2) is 13.9. The monoisotopic (exact) mass is 661 g/mol. The second-order valence-corrected chi connectivity index (χ2v) is 14.9. The van der Waals surface area contributed by atoms with E-state index in [0.717, 1.165) is 37.9 Å². The molecule has 246 valence electrons. The molecule has 0 saturated carbocycles. The van der Waals surface area contributed by atoms with Gasteiger partial charge in [-0.25, -0.2) is 13.4 Å². The van der Waals surface area contributed by atoms with Crippen molar-refractivity contribution in [3.05, 3.63) is 40.7 Å². The second-order valence-electron chi connectivity index (χ2n) is 12.1. The first-order valence-electron chi connectivity index (χ1n) is 15.1. The number of aryl methyl sites for hydroxylation is 2. The average Bonchev–Trinajstić information content (AvgIpc) is 3.38. The molecule has 3 aromatic rings. The Kier molecular flexibility index (Phi) is 10.7. The Hall–Kier alpha value is -3.42. The van der Waals surface area contributed by atoms with E-state index in [1.54, 1.807) is 27.1 Å². The van der Waals surface area contributed by atoms with Gasteiger partial charge in [0, 0.05) is 13.2 Å². The van der Waals surface area contributed by atoms with E-state index >= 15 is 0 Å². The van der Waals surface area contributed by atoms with Gasteiger partial charge >= 0.3 is 5.97 Å². The highest BCUT2D eigenvalue weighted by molar-refractivity contribution is 7.92. The summed E-state index contributed by atoms with van der Waals surface area (Å²) in [6.45, 7) is 13.2. The Morgan fingerprint density at radius 1 is 1.18 bits per heavy atom. The van der Waals surface area contributed by atoms with Crippen LogP contribution in [0, 0.1) is 6.92 Å². The number of methoxy groups -OCH3 is 1. The lowest BCUT2D eigenvalue weighted by Crippen LogP contribution is -2.53. The molecule has 0 bridgehead atoms. The van der Waals surface area contributed by atoms with Gasteiger partial charge < -0.3 is 20.1 Å². The van der Waals surface area contributed by atoms with Gasteiger partial charge in [0.15, 0.2) is 5.82 Å². The molecule has 2 aromatic heterocycles. The SMILES string of the molecule is CCCOc1cc(C2CCN(C(C)(C)C(=O)OC)CC2)c(C)cc1Nc1ncc(Cl)c(Nc2cn(C)nc2S(=O)(=O)C(C)C)n1. The van der Waals surface area contributed by atoms with Crippen molar-refractivity contribution in [1.29, 1.82) is 0 Å². The molecule has 0 radical (unpaired) electrons. The number of halogens is 1. The van der Waals surface area contributed by atoms with Crippen molar-refractivity contribution in [2.24, 2.45) is 7.05 Å². The normalized spacial score (nSPS) is 14.9. The number of carbonyl (C=O) groups excluding carboxylic acids is 1. The standard InChI is InChI=1S/C31H44ClN7O5S/c1-9-14-44-26-16-22(21-10-12-39(13-11-21)31(5,6)29(40)43-8)20(4)15-24(26)35-30-33-17-23(32)27(36-30)34-25-18-38(7)37-28(25)45(41,42)19(2)3/h15-19,21H,9-14H2,1-8H3,(H2,33,34,35,36). The van der Waals surface area contributed by atoms with Crippen LogP contribution in [0.5, 0.6) is 5.75 Å². The van der Waals surface area contributed by atoms with Crippen LogP contribution in [0.15, 0.2) is 29.6 Å². The number of hydrogen-bond donors (Lipinski definition) is 2. The predicted molar refractivity (Wildman–Crippen MR) is 176 cm³/mol. The molecule has 45 heavy (non-hydrogen) atoms. The number of piperidine rings is 1. The van der Waals surface area contributed by atoms with Crippen molar-refractivity contribution >= 4 is 50.5 Å². The molecule has 1 aromatic carbocycles. The van der Waals surface area contributed by atoms with Crippen molar-refractivity contribution in [3.63, 3.8) is 0 Å². The first-order chi connectivity index (χ1) is 21.2. The van der Waals surface area contributed by atoms with Crippen LogP contribution in [0.4, 0.5) is 23.1 Å². The van der Waals surface area contributed by atoms with E-state index in [1.807, 2.05) is 26.8 Å². The van der Waals surface area contributed by atoms with Crippen molar-refractivity contribution in [2.75, 3.05) is 37.4 Å². The van der Waals surface area contributed by atoms with Gasteiger partial charge in [0.1, 0.15) is 16.3 Å². The van der Waals surface area contributed by atoms with E-state index in [4.69, 9.17) is 21.1 Å². The number of benzene rings is 1. The quantitative estimate of drug-likeness (QED) is 0.229. The van der Waals surface area contributed by atoms with Crippen LogP contribution in [-0.4, -0.2) is 76.6 Å². The van der Waals surface area contributed by atoms with Crippen LogP contribution in [-0.2, 0) is 26.4 Å². The van der Waals surface area contributed by atoms with E-state index in [2.05, 4.69) is 43.6 Å².